The average molecular weight is 238 g/mol. The zero-order valence-corrected chi connectivity index (χ0v) is 11.1. The van der Waals surface area contributed by atoms with Crippen molar-refractivity contribution in [1.82, 2.24) is 9.97 Å². The molecule has 0 atom stereocenters. The van der Waals surface area contributed by atoms with Crippen LogP contribution in [0.15, 0.2) is 4.99 Å². The summed E-state index contributed by atoms with van der Waals surface area (Å²) in [6, 6.07) is 0. The molecule has 16 heavy (non-hydrogen) atoms. The molecule has 0 radical (unpaired) electrons. The smallest absolute Gasteiger partial charge is 0.161 e. The van der Waals surface area contributed by atoms with Crippen molar-refractivity contribution in [2.24, 2.45) is 10.7 Å². The van der Waals surface area contributed by atoms with Crippen LogP contribution in [0.5, 0.6) is 0 Å². The van der Waals surface area contributed by atoms with Crippen LogP contribution in [-0.4, -0.2) is 21.4 Å². The maximum Gasteiger partial charge on any atom is 0.161 e. The minimum atomic E-state index is 0.533. The van der Waals surface area contributed by atoms with Gasteiger partial charge in [-0.15, -0.1) is 0 Å². The van der Waals surface area contributed by atoms with E-state index in [0.29, 0.717) is 11.0 Å². The third-order valence-corrected chi connectivity index (χ3v) is 2.85. The Morgan fingerprint density at radius 3 is 2.50 bits per heavy atom. The van der Waals surface area contributed by atoms with Gasteiger partial charge in [0, 0.05) is 17.7 Å². The van der Waals surface area contributed by atoms with Crippen LogP contribution in [0.4, 0.5) is 5.82 Å². The van der Waals surface area contributed by atoms with Gasteiger partial charge in [-0.1, -0.05) is 25.6 Å². The SMILES string of the molecule is CCc1nc(CC)c(C)c(N=C(N)SC)n1. The lowest BCUT2D eigenvalue weighted by Gasteiger charge is -2.08. The summed E-state index contributed by atoms with van der Waals surface area (Å²) >= 11 is 1.42. The highest BCUT2D eigenvalue weighted by molar-refractivity contribution is 8.13. The number of hydrogen-bond acceptors (Lipinski definition) is 4. The van der Waals surface area contributed by atoms with Crippen LogP contribution in [0.1, 0.15) is 30.9 Å². The van der Waals surface area contributed by atoms with E-state index in [-0.39, 0.29) is 0 Å². The fraction of sp³-hybridized carbons (Fsp3) is 0.545. The molecule has 5 heteroatoms. The number of nitrogens with two attached hydrogens (primary N) is 1. The fourth-order valence-corrected chi connectivity index (χ4v) is 1.54. The van der Waals surface area contributed by atoms with Crippen molar-refractivity contribution >= 4 is 22.7 Å². The Labute approximate surface area is 101 Å². The Bertz CT molecular complexity index is 401. The predicted octanol–water partition coefficient (Wildman–Crippen LogP) is 2.22. The van der Waals surface area contributed by atoms with E-state index in [9.17, 15) is 0 Å². The van der Waals surface area contributed by atoms with E-state index < -0.39 is 0 Å². The molecule has 0 fully saturated rings. The molecule has 1 aromatic rings. The highest BCUT2D eigenvalue weighted by Crippen LogP contribution is 2.20. The number of hydrogen-bond donors (Lipinski definition) is 1. The van der Waals surface area contributed by atoms with Gasteiger partial charge in [-0.05, 0) is 19.6 Å². The van der Waals surface area contributed by atoms with Gasteiger partial charge in [-0.25, -0.2) is 15.0 Å². The van der Waals surface area contributed by atoms with Crippen molar-refractivity contribution in [2.75, 3.05) is 6.26 Å². The molecule has 4 nitrogen and oxygen atoms in total. The summed E-state index contributed by atoms with van der Waals surface area (Å²) in [4.78, 5) is 13.2. The van der Waals surface area contributed by atoms with Gasteiger partial charge in [0.25, 0.3) is 0 Å². The first-order valence-corrected chi connectivity index (χ1v) is 6.59. The van der Waals surface area contributed by atoms with Crippen molar-refractivity contribution in [2.45, 2.75) is 33.6 Å². The van der Waals surface area contributed by atoms with Crippen LogP contribution in [-0.2, 0) is 12.8 Å². The molecule has 0 aliphatic heterocycles. The zero-order chi connectivity index (χ0) is 12.1. The molecule has 0 bridgehead atoms. The number of thioether (sulfide) groups is 1. The van der Waals surface area contributed by atoms with Gasteiger partial charge in [0.15, 0.2) is 11.0 Å². The number of amidine groups is 1. The van der Waals surface area contributed by atoms with E-state index >= 15 is 0 Å². The molecule has 0 unspecified atom stereocenters. The Hall–Kier alpha value is -1.10. The highest BCUT2D eigenvalue weighted by atomic mass is 32.2. The lowest BCUT2D eigenvalue weighted by molar-refractivity contribution is 0.872. The van der Waals surface area contributed by atoms with Crippen molar-refractivity contribution < 1.29 is 0 Å². The van der Waals surface area contributed by atoms with Gasteiger partial charge in [0.1, 0.15) is 5.82 Å². The van der Waals surface area contributed by atoms with E-state index in [1.807, 2.05) is 20.1 Å². The molecule has 0 saturated heterocycles. The van der Waals surface area contributed by atoms with Gasteiger partial charge in [0.05, 0.1) is 0 Å². The molecular formula is C11H18N4S. The molecule has 1 aromatic heterocycles. The molecule has 1 rings (SSSR count). The van der Waals surface area contributed by atoms with Gasteiger partial charge in [-0.3, -0.25) is 0 Å². The van der Waals surface area contributed by atoms with Crippen LogP contribution in [0.2, 0.25) is 0 Å². The van der Waals surface area contributed by atoms with Crippen LogP contribution in [0.25, 0.3) is 0 Å². The summed E-state index contributed by atoms with van der Waals surface area (Å²) in [5.41, 5.74) is 7.79. The average Bonchev–Trinajstić information content (AvgIpc) is 2.31. The topological polar surface area (TPSA) is 64.2 Å². The van der Waals surface area contributed by atoms with E-state index in [1.54, 1.807) is 0 Å². The van der Waals surface area contributed by atoms with Crippen molar-refractivity contribution in [1.29, 1.82) is 0 Å². The molecular weight excluding hydrogens is 220 g/mol. The molecule has 0 saturated carbocycles. The van der Waals surface area contributed by atoms with E-state index in [1.165, 1.54) is 11.8 Å². The summed E-state index contributed by atoms with van der Waals surface area (Å²) in [7, 11) is 0. The van der Waals surface area contributed by atoms with E-state index in [0.717, 1.165) is 29.9 Å². The first-order chi connectivity index (χ1) is 7.62. The van der Waals surface area contributed by atoms with Gasteiger partial charge in [-0.2, -0.15) is 0 Å². The molecule has 88 valence electrons. The predicted molar refractivity (Wildman–Crippen MR) is 70.3 cm³/mol. The molecule has 0 aromatic carbocycles. The monoisotopic (exact) mass is 238 g/mol. The first-order valence-electron chi connectivity index (χ1n) is 5.36. The quantitative estimate of drug-likeness (QED) is 0.648. The Morgan fingerprint density at radius 1 is 1.31 bits per heavy atom. The van der Waals surface area contributed by atoms with E-state index in [2.05, 4.69) is 21.9 Å². The summed E-state index contributed by atoms with van der Waals surface area (Å²) in [6.07, 6.45) is 3.61. The van der Waals surface area contributed by atoms with Crippen LogP contribution < -0.4 is 5.73 Å². The summed E-state index contributed by atoms with van der Waals surface area (Å²) in [5, 5.41) is 0.533. The van der Waals surface area contributed by atoms with Gasteiger partial charge >= 0.3 is 0 Å². The summed E-state index contributed by atoms with van der Waals surface area (Å²) in [5.74, 6) is 1.53. The number of aliphatic imine (C=N–C) groups is 1. The van der Waals surface area contributed by atoms with Gasteiger partial charge in [0.2, 0.25) is 0 Å². The third-order valence-electron chi connectivity index (χ3n) is 2.34. The van der Waals surface area contributed by atoms with Crippen molar-refractivity contribution in [3.63, 3.8) is 0 Å². The van der Waals surface area contributed by atoms with Crippen molar-refractivity contribution in [3.8, 4) is 0 Å². The number of aromatic nitrogens is 2. The lowest BCUT2D eigenvalue weighted by atomic mass is 10.2. The minimum Gasteiger partial charge on any atom is -0.378 e. The maximum absolute atomic E-state index is 5.71. The largest absolute Gasteiger partial charge is 0.378 e. The molecule has 1 heterocycles. The van der Waals surface area contributed by atoms with Crippen molar-refractivity contribution in [3.05, 3.63) is 17.1 Å². The fourth-order valence-electron chi connectivity index (χ4n) is 1.36. The molecule has 0 aliphatic carbocycles. The van der Waals surface area contributed by atoms with Gasteiger partial charge < -0.3 is 5.73 Å². The van der Waals surface area contributed by atoms with Crippen LogP contribution >= 0.6 is 11.8 Å². The third kappa shape index (κ3) is 2.95. The second kappa shape index (κ2) is 5.84. The second-order valence-corrected chi connectivity index (χ2v) is 4.22. The summed E-state index contributed by atoms with van der Waals surface area (Å²) < 4.78 is 0. The Kier molecular flexibility index (Phi) is 4.73. The second-order valence-electron chi connectivity index (χ2n) is 3.40. The molecule has 2 N–H and O–H groups in total. The number of nitrogens with zero attached hydrogens (tertiary/aromatic N) is 3. The molecule has 0 aliphatic rings. The zero-order valence-electron chi connectivity index (χ0n) is 10.2. The number of aryl methyl sites for hydroxylation is 2. The summed E-state index contributed by atoms with van der Waals surface area (Å²) in [6.45, 7) is 6.11. The molecule has 0 spiro atoms. The van der Waals surface area contributed by atoms with Crippen LogP contribution in [0.3, 0.4) is 0 Å². The molecule has 0 amide bonds. The Morgan fingerprint density at radius 2 is 2.00 bits per heavy atom. The minimum absolute atomic E-state index is 0.533. The Balaban J connectivity index is 3.26. The maximum atomic E-state index is 5.71. The highest BCUT2D eigenvalue weighted by Gasteiger charge is 2.08. The standard InChI is InChI=1S/C11H18N4S/c1-5-8-7(3)10(15-11(12)16-4)14-9(6-2)13-8/h5-6H2,1-4H3,(H2,12,13,14,15). The number of rotatable bonds is 3. The normalized spacial score (nSPS) is 11.9. The van der Waals surface area contributed by atoms with E-state index in [4.69, 9.17) is 5.73 Å². The lowest BCUT2D eigenvalue weighted by Crippen LogP contribution is -2.07. The van der Waals surface area contributed by atoms with Crippen LogP contribution in [0, 0.1) is 6.92 Å². The first kappa shape index (κ1) is 13.0.